The lowest BCUT2D eigenvalue weighted by molar-refractivity contribution is 0.103. The molecule has 0 bridgehead atoms. The first-order chi connectivity index (χ1) is 8.70. The minimum Gasteiger partial charge on any atom is -0.320 e. The Labute approximate surface area is 109 Å². The summed E-state index contributed by atoms with van der Waals surface area (Å²) in [7, 11) is 0. The van der Waals surface area contributed by atoms with E-state index in [9.17, 15) is 9.59 Å². The van der Waals surface area contributed by atoms with E-state index in [2.05, 4.69) is 5.32 Å². The maximum atomic E-state index is 11.8. The van der Waals surface area contributed by atoms with Crippen LogP contribution in [-0.2, 0) is 6.54 Å². The number of aromatic nitrogens is 1. The number of rotatable bonds is 4. The largest absolute Gasteiger partial charge is 0.320 e. The molecule has 0 fully saturated rings. The number of carbonyl (C=O) groups is 1. The molecule has 2 aromatic rings. The normalized spacial score (nSPS) is 10.3. The van der Waals surface area contributed by atoms with Crippen LogP contribution in [0.25, 0.3) is 0 Å². The molecule has 2 rings (SSSR count). The highest BCUT2D eigenvalue weighted by molar-refractivity contribution is 7.12. The summed E-state index contributed by atoms with van der Waals surface area (Å²) < 4.78 is 1.60. The molecule has 0 aliphatic rings. The number of aryl methyl sites for hydroxylation is 1. The Morgan fingerprint density at radius 3 is 2.89 bits per heavy atom. The van der Waals surface area contributed by atoms with Gasteiger partial charge in [0.05, 0.1) is 10.6 Å². The van der Waals surface area contributed by atoms with Gasteiger partial charge in [-0.1, -0.05) is 13.0 Å². The van der Waals surface area contributed by atoms with Gasteiger partial charge in [0.2, 0.25) is 0 Å². The minimum atomic E-state index is -0.147. The predicted molar refractivity (Wildman–Crippen MR) is 73.3 cm³/mol. The lowest BCUT2D eigenvalue weighted by atomic mass is 10.3. The molecule has 0 saturated carbocycles. The average molecular weight is 262 g/mol. The molecule has 0 spiro atoms. The van der Waals surface area contributed by atoms with Crippen LogP contribution in [0.2, 0.25) is 0 Å². The topological polar surface area (TPSA) is 51.1 Å². The number of nitrogens with one attached hydrogen (secondary N) is 1. The minimum absolute atomic E-state index is 0.0500. The molecule has 0 saturated heterocycles. The summed E-state index contributed by atoms with van der Waals surface area (Å²) in [5.74, 6) is -0.147. The molecule has 94 valence electrons. The third-order valence-corrected chi connectivity index (χ3v) is 3.32. The first kappa shape index (κ1) is 12.6. The van der Waals surface area contributed by atoms with Crippen LogP contribution >= 0.6 is 11.3 Å². The van der Waals surface area contributed by atoms with Gasteiger partial charge in [0.1, 0.15) is 0 Å². The van der Waals surface area contributed by atoms with Gasteiger partial charge < -0.3 is 9.88 Å². The molecule has 5 heteroatoms. The van der Waals surface area contributed by atoms with E-state index in [1.807, 2.05) is 18.4 Å². The van der Waals surface area contributed by atoms with Gasteiger partial charge >= 0.3 is 0 Å². The van der Waals surface area contributed by atoms with E-state index in [0.29, 0.717) is 17.1 Å². The Balaban J connectivity index is 2.17. The molecule has 2 aromatic heterocycles. The molecule has 2 heterocycles. The van der Waals surface area contributed by atoms with Crippen LogP contribution in [0.4, 0.5) is 5.69 Å². The lowest BCUT2D eigenvalue weighted by Crippen LogP contribution is -2.20. The van der Waals surface area contributed by atoms with Crippen molar-refractivity contribution in [2.45, 2.75) is 19.9 Å². The van der Waals surface area contributed by atoms with Crippen molar-refractivity contribution in [3.8, 4) is 0 Å². The number of carbonyl (C=O) groups excluding carboxylic acids is 1. The van der Waals surface area contributed by atoms with E-state index in [1.54, 1.807) is 22.9 Å². The number of anilines is 1. The van der Waals surface area contributed by atoms with Crippen molar-refractivity contribution < 1.29 is 4.79 Å². The fourth-order valence-corrected chi connectivity index (χ4v) is 2.24. The van der Waals surface area contributed by atoms with Crippen molar-refractivity contribution in [2.24, 2.45) is 0 Å². The Kier molecular flexibility index (Phi) is 3.94. The number of thiophene rings is 1. The molecule has 18 heavy (non-hydrogen) atoms. The summed E-state index contributed by atoms with van der Waals surface area (Å²) in [6.07, 6.45) is 2.56. The standard InChI is InChI=1S/C13H14N2O2S/c1-2-7-15-9-10(5-6-12(15)16)14-13(17)11-4-3-8-18-11/h3-6,8-9H,2,7H2,1H3,(H,14,17). The molecule has 1 N–H and O–H groups in total. The Bertz CT molecular complexity index is 587. The van der Waals surface area contributed by atoms with Gasteiger partial charge in [-0.3, -0.25) is 9.59 Å². The predicted octanol–water partition coefficient (Wildman–Crippen LogP) is 2.57. The van der Waals surface area contributed by atoms with E-state index < -0.39 is 0 Å². The molecule has 0 unspecified atom stereocenters. The molecule has 1 amide bonds. The molecule has 0 atom stereocenters. The first-order valence-electron chi connectivity index (χ1n) is 5.76. The van der Waals surface area contributed by atoms with Crippen LogP contribution in [-0.4, -0.2) is 10.5 Å². The number of hydrogen-bond donors (Lipinski definition) is 1. The monoisotopic (exact) mass is 262 g/mol. The average Bonchev–Trinajstić information content (AvgIpc) is 2.87. The molecule has 4 nitrogen and oxygen atoms in total. The summed E-state index contributed by atoms with van der Waals surface area (Å²) in [5, 5.41) is 4.64. The van der Waals surface area contributed by atoms with E-state index in [1.165, 1.54) is 17.4 Å². The second-order valence-corrected chi connectivity index (χ2v) is 4.83. The zero-order valence-electron chi connectivity index (χ0n) is 10.1. The smallest absolute Gasteiger partial charge is 0.265 e. The maximum Gasteiger partial charge on any atom is 0.265 e. The van der Waals surface area contributed by atoms with Gasteiger partial charge in [0, 0.05) is 18.8 Å². The fourth-order valence-electron chi connectivity index (χ4n) is 1.62. The Morgan fingerprint density at radius 1 is 1.39 bits per heavy atom. The first-order valence-corrected chi connectivity index (χ1v) is 6.64. The van der Waals surface area contributed by atoms with E-state index in [4.69, 9.17) is 0 Å². The molecule has 0 aliphatic heterocycles. The van der Waals surface area contributed by atoms with Crippen molar-refractivity contribution in [1.29, 1.82) is 0 Å². The number of hydrogen-bond acceptors (Lipinski definition) is 3. The van der Waals surface area contributed by atoms with Gasteiger partial charge in [0.15, 0.2) is 0 Å². The third kappa shape index (κ3) is 2.87. The number of pyridine rings is 1. The van der Waals surface area contributed by atoms with Crippen LogP contribution in [0.15, 0.2) is 40.6 Å². The molecule has 0 radical (unpaired) electrons. The molecule has 0 aromatic carbocycles. The summed E-state index contributed by atoms with van der Waals surface area (Å²) in [4.78, 5) is 24.0. The van der Waals surface area contributed by atoms with Crippen LogP contribution < -0.4 is 10.9 Å². The van der Waals surface area contributed by atoms with Gasteiger partial charge in [-0.25, -0.2) is 0 Å². The van der Waals surface area contributed by atoms with Crippen molar-refractivity contribution in [2.75, 3.05) is 5.32 Å². The second kappa shape index (κ2) is 5.64. The lowest BCUT2D eigenvalue weighted by Gasteiger charge is -2.07. The third-order valence-electron chi connectivity index (χ3n) is 2.45. The highest BCUT2D eigenvalue weighted by Gasteiger charge is 2.07. The van der Waals surface area contributed by atoms with Crippen LogP contribution in [0.3, 0.4) is 0 Å². The summed E-state index contributed by atoms with van der Waals surface area (Å²) in [6, 6.07) is 6.69. The fraction of sp³-hybridized carbons (Fsp3) is 0.231. The van der Waals surface area contributed by atoms with Crippen molar-refractivity contribution >= 4 is 22.9 Å². The van der Waals surface area contributed by atoms with Crippen molar-refractivity contribution in [3.63, 3.8) is 0 Å². The zero-order chi connectivity index (χ0) is 13.0. The molecule has 0 aliphatic carbocycles. The van der Waals surface area contributed by atoms with E-state index in [-0.39, 0.29) is 11.5 Å². The van der Waals surface area contributed by atoms with Crippen molar-refractivity contribution in [3.05, 3.63) is 51.1 Å². The maximum absolute atomic E-state index is 11.8. The number of amides is 1. The van der Waals surface area contributed by atoms with Gasteiger partial charge in [-0.15, -0.1) is 11.3 Å². The highest BCUT2D eigenvalue weighted by atomic mass is 32.1. The highest BCUT2D eigenvalue weighted by Crippen LogP contribution is 2.12. The SMILES string of the molecule is CCCn1cc(NC(=O)c2cccs2)ccc1=O. The summed E-state index contributed by atoms with van der Waals surface area (Å²) in [5.41, 5.74) is 0.590. The van der Waals surface area contributed by atoms with Gasteiger partial charge in [-0.05, 0) is 23.9 Å². The summed E-state index contributed by atoms with van der Waals surface area (Å²) in [6.45, 7) is 2.66. The Hall–Kier alpha value is -1.88. The van der Waals surface area contributed by atoms with Gasteiger partial charge in [-0.2, -0.15) is 0 Å². The Morgan fingerprint density at radius 2 is 2.22 bits per heavy atom. The van der Waals surface area contributed by atoms with E-state index >= 15 is 0 Å². The quantitative estimate of drug-likeness (QED) is 0.920. The van der Waals surface area contributed by atoms with Crippen LogP contribution in [0.1, 0.15) is 23.0 Å². The summed E-state index contributed by atoms with van der Waals surface area (Å²) >= 11 is 1.39. The van der Waals surface area contributed by atoms with Crippen LogP contribution in [0, 0.1) is 0 Å². The second-order valence-electron chi connectivity index (χ2n) is 3.88. The molecular weight excluding hydrogens is 248 g/mol. The van der Waals surface area contributed by atoms with Crippen molar-refractivity contribution in [1.82, 2.24) is 4.57 Å². The zero-order valence-corrected chi connectivity index (χ0v) is 10.9. The van der Waals surface area contributed by atoms with Gasteiger partial charge in [0.25, 0.3) is 11.5 Å². The number of nitrogens with zero attached hydrogens (tertiary/aromatic N) is 1. The van der Waals surface area contributed by atoms with E-state index in [0.717, 1.165) is 6.42 Å². The van der Waals surface area contributed by atoms with Crippen LogP contribution in [0.5, 0.6) is 0 Å². The molecular formula is C13H14N2O2S.